The fourth-order valence-electron chi connectivity index (χ4n) is 2.62. The summed E-state index contributed by atoms with van der Waals surface area (Å²) in [5.74, 6) is -1.00. The van der Waals surface area contributed by atoms with Crippen molar-refractivity contribution in [2.24, 2.45) is 0 Å². The van der Waals surface area contributed by atoms with Crippen LogP contribution >= 0.6 is 35.0 Å². The molecule has 0 aliphatic carbocycles. The molecule has 1 aliphatic rings. The second kappa shape index (κ2) is 8.39. The molecule has 0 aromatic heterocycles. The second-order valence-electron chi connectivity index (χ2n) is 6.27. The number of halogens is 2. The zero-order valence-corrected chi connectivity index (χ0v) is 17.4. The van der Waals surface area contributed by atoms with Crippen molar-refractivity contribution in [1.29, 1.82) is 0 Å². The molecule has 1 fully saturated rings. The monoisotopic (exact) mass is 434 g/mol. The molecule has 1 aliphatic heterocycles. The number of amides is 3. The molecule has 0 radical (unpaired) electrons. The predicted molar refractivity (Wildman–Crippen MR) is 114 cm³/mol. The fourth-order valence-corrected chi connectivity index (χ4v) is 3.95. The second-order valence-corrected chi connectivity index (χ2v) is 8.08. The molecule has 0 spiro atoms. The molecule has 1 N–H and O–H groups in total. The Hall–Kier alpha value is -2.28. The molecular formula is C20H16Cl2N2O3S. The van der Waals surface area contributed by atoms with Crippen LogP contribution in [0, 0.1) is 13.8 Å². The zero-order chi connectivity index (χ0) is 20.4. The Balaban J connectivity index is 1.76. The van der Waals surface area contributed by atoms with Crippen LogP contribution < -0.4 is 5.32 Å². The van der Waals surface area contributed by atoms with Gasteiger partial charge in [0.05, 0.1) is 4.91 Å². The van der Waals surface area contributed by atoms with Gasteiger partial charge in [-0.05, 0) is 61.0 Å². The smallest absolute Gasteiger partial charge is 0.294 e. The van der Waals surface area contributed by atoms with Crippen molar-refractivity contribution in [2.45, 2.75) is 13.8 Å². The average molecular weight is 435 g/mol. The van der Waals surface area contributed by atoms with Crippen LogP contribution in [0.15, 0.2) is 41.3 Å². The minimum atomic E-state index is -0.554. The largest absolute Gasteiger partial charge is 0.324 e. The summed E-state index contributed by atoms with van der Waals surface area (Å²) in [6.07, 6.45) is 1.47. The lowest BCUT2D eigenvalue weighted by atomic mass is 10.1. The number of anilines is 1. The predicted octanol–water partition coefficient (Wildman–Crippen LogP) is 5.29. The Labute approximate surface area is 176 Å². The molecule has 1 heterocycles. The molecule has 0 unspecified atom stereocenters. The molecule has 8 heteroatoms. The molecule has 3 rings (SSSR count). The summed E-state index contributed by atoms with van der Waals surface area (Å²) in [5, 5.41) is 2.96. The van der Waals surface area contributed by atoms with E-state index in [-0.39, 0.29) is 11.4 Å². The summed E-state index contributed by atoms with van der Waals surface area (Å²) < 4.78 is 0. The summed E-state index contributed by atoms with van der Waals surface area (Å²) >= 11 is 13.0. The van der Waals surface area contributed by atoms with E-state index in [1.807, 2.05) is 32.0 Å². The summed E-state index contributed by atoms with van der Waals surface area (Å²) in [6.45, 7) is 3.41. The van der Waals surface area contributed by atoms with Crippen molar-refractivity contribution >= 4 is 63.8 Å². The third-order valence-electron chi connectivity index (χ3n) is 4.12. The number of hydrogen-bond donors (Lipinski definition) is 1. The van der Waals surface area contributed by atoms with Crippen LogP contribution in [-0.2, 0) is 9.59 Å². The van der Waals surface area contributed by atoms with E-state index in [4.69, 9.17) is 23.2 Å². The van der Waals surface area contributed by atoms with Crippen LogP contribution in [0.4, 0.5) is 10.5 Å². The number of nitrogens with zero attached hydrogens (tertiary/aromatic N) is 1. The maximum absolute atomic E-state index is 12.6. The zero-order valence-electron chi connectivity index (χ0n) is 15.1. The number of hydrogen-bond acceptors (Lipinski definition) is 4. The first-order chi connectivity index (χ1) is 13.3. The van der Waals surface area contributed by atoms with E-state index in [1.165, 1.54) is 6.08 Å². The topological polar surface area (TPSA) is 66.5 Å². The first-order valence-electron chi connectivity index (χ1n) is 8.32. The summed E-state index contributed by atoms with van der Waals surface area (Å²) in [7, 11) is 0. The van der Waals surface area contributed by atoms with Gasteiger partial charge in [0, 0.05) is 21.3 Å². The minimum Gasteiger partial charge on any atom is -0.324 e. The van der Waals surface area contributed by atoms with Gasteiger partial charge in [-0.3, -0.25) is 19.3 Å². The van der Waals surface area contributed by atoms with Crippen molar-refractivity contribution < 1.29 is 14.4 Å². The van der Waals surface area contributed by atoms with Crippen LogP contribution in [0.25, 0.3) is 6.08 Å². The van der Waals surface area contributed by atoms with E-state index in [0.717, 1.165) is 27.8 Å². The van der Waals surface area contributed by atoms with Gasteiger partial charge in [0.2, 0.25) is 5.91 Å². The van der Waals surface area contributed by atoms with Crippen LogP contribution in [0.1, 0.15) is 16.7 Å². The van der Waals surface area contributed by atoms with E-state index >= 15 is 0 Å². The standard InChI is InChI=1S/C20H16Cl2N2O3S/c1-11-6-7-12(2)16(8-11)23-18(25)10-24-19(26)17(28-20(24)27)9-13-14(21)4-3-5-15(13)22/h3-9H,10H2,1-2H3,(H,23,25)/b17-9+. The number of nitrogens with one attached hydrogen (secondary N) is 1. The summed E-state index contributed by atoms with van der Waals surface area (Å²) in [4.78, 5) is 38.3. The third kappa shape index (κ3) is 4.41. The van der Waals surface area contributed by atoms with Crippen molar-refractivity contribution in [3.63, 3.8) is 0 Å². The Morgan fingerprint density at radius 3 is 2.50 bits per heavy atom. The number of aryl methyl sites for hydroxylation is 2. The van der Waals surface area contributed by atoms with Gasteiger partial charge in [0.1, 0.15) is 6.54 Å². The Bertz CT molecular complexity index is 1000. The number of carbonyl (C=O) groups is 3. The SMILES string of the molecule is Cc1ccc(C)c(NC(=O)CN2C(=O)S/C(=C/c3c(Cl)cccc3Cl)C2=O)c1. The van der Waals surface area contributed by atoms with E-state index in [1.54, 1.807) is 18.2 Å². The Kier molecular flexibility index (Phi) is 6.13. The van der Waals surface area contributed by atoms with Gasteiger partial charge in [-0.2, -0.15) is 0 Å². The Morgan fingerprint density at radius 2 is 1.82 bits per heavy atom. The molecule has 2 aromatic carbocycles. The average Bonchev–Trinajstić information content (AvgIpc) is 2.89. The molecule has 5 nitrogen and oxygen atoms in total. The molecule has 28 heavy (non-hydrogen) atoms. The molecule has 2 aromatic rings. The number of carbonyl (C=O) groups excluding carboxylic acids is 3. The van der Waals surface area contributed by atoms with Gasteiger partial charge in [-0.15, -0.1) is 0 Å². The van der Waals surface area contributed by atoms with E-state index in [2.05, 4.69) is 5.32 Å². The van der Waals surface area contributed by atoms with Gasteiger partial charge in [-0.1, -0.05) is 41.4 Å². The van der Waals surface area contributed by atoms with E-state index < -0.39 is 17.1 Å². The fraction of sp³-hybridized carbons (Fsp3) is 0.150. The highest BCUT2D eigenvalue weighted by atomic mass is 35.5. The number of thioether (sulfide) groups is 1. The first-order valence-corrected chi connectivity index (χ1v) is 9.90. The van der Waals surface area contributed by atoms with Crippen molar-refractivity contribution in [2.75, 3.05) is 11.9 Å². The van der Waals surface area contributed by atoms with E-state index in [9.17, 15) is 14.4 Å². The highest BCUT2D eigenvalue weighted by Crippen LogP contribution is 2.35. The van der Waals surface area contributed by atoms with Crippen LogP contribution in [0.2, 0.25) is 10.0 Å². The van der Waals surface area contributed by atoms with Crippen LogP contribution in [0.3, 0.4) is 0 Å². The number of rotatable bonds is 4. The molecule has 0 saturated carbocycles. The highest BCUT2D eigenvalue weighted by molar-refractivity contribution is 8.18. The number of imide groups is 1. The summed E-state index contributed by atoms with van der Waals surface area (Å²) in [5.41, 5.74) is 2.99. The van der Waals surface area contributed by atoms with Gasteiger partial charge >= 0.3 is 0 Å². The van der Waals surface area contributed by atoms with Gasteiger partial charge < -0.3 is 5.32 Å². The van der Waals surface area contributed by atoms with Crippen LogP contribution in [0.5, 0.6) is 0 Å². The van der Waals surface area contributed by atoms with Gasteiger partial charge in [0.25, 0.3) is 11.1 Å². The van der Waals surface area contributed by atoms with E-state index in [0.29, 0.717) is 21.3 Å². The molecule has 1 saturated heterocycles. The molecule has 0 bridgehead atoms. The Morgan fingerprint density at radius 1 is 1.14 bits per heavy atom. The molecule has 0 atom stereocenters. The van der Waals surface area contributed by atoms with Gasteiger partial charge in [0.15, 0.2) is 0 Å². The van der Waals surface area contributed by atoms with Gasteiger partial charge in [-0.25, -0.2) is 0 Å². The lowest BCUT2D eigenvalue weighted by Crippen LogP contribution is -2.36. The van der Waals surface area contributed by atoms with Crippen LogP contribution in [-0.4, -0.2) is 28.5 Å². The molecular weight excluding hydrogens is 419 g/mol. The minimum absolute atomic E-state index is 0.166. The third-order valence-corrected chi connectivity index (χ3v) is 5.68. The normalized spacial score (nSPS) is 15.4. The molecule has 144 valence electrons. The molecule has 3 amide bonds. The lowest BCUT2D eigenvalue weighted by molar-refractivity contribution is -0.127. The summed E-state index contributed by atoms with van der Waals surface area (Å²) in [6, 6.07) is 10.6. The lowest BCUT2D eigenvalue weighted by Gasteiger charge is -2.14. The maximum Gasteiger partial charge on any atom is 0.294 e. The van der Waals surface area contributed by atoms with Crippen molar-refractivity contribution in [1.82, 2.24) is 4.90 Å². The maximum atomic E-state index is 12.6. The van der Waals surface area contributed by atoms with Crippen molar-refractivity contribution in [3.8, 4) is 0 Å². The first kappa shape index (κ1) is 20.5. The van der Waals surface area contributed by atoms with Crippen molar-refractivity contribution in [3.05, 3.63) is 68.0 Å². The quantitative estimate of drug-likeness (QED) is 0.664. The highest BCUT2D eigenvalue weighted by Gasteiger charge is 2.36. The number of benzene rings is 2.